The molecule has 1 amide bonds. The van der Waals surface area contributed by atoms with Gasteiger partial charge in [0.2, 0.25) is 5.91 Å². The molecule has 1 aliphatic heterocycles. The number of hydrogen-bond donors (Lipinski definition) is 4. The minimum absolute atomic E-state index is 0.0318. The van der Waals surface area contributed by atoms with E-state index in [2.05, 4.69) is 20.9 Å². The molecule has 1 fully saturated rings. The number of carbonyl (C=O) groups excluding carboxylic acids is 1. The van der Waals surface area contributed by atoms with Crippen LogP contribution < -0.4 is 16.0 Å². The van der Waals surface area contributed by atoms with Crippen LogP contribution in [0.4, 0.5) is 0 Å². The Hall–Kier alpha value is -1.34. The van der Waals surface area contributed by atoms with Crippen molar-refractivity contribution in [1.29, 1.82) is 0 Å². The highest BCUT2D eigenvalue weighted by Gasteiger charge is 2.34. The van der Waals surface area contributed by atoms with Crippen molar-refractivity contribution >= 4 is 11.9 Å². The summed E-state index contributed by atoms with van der Waals surface area (Å²) in [5.41, 5.74) is -0.0634. The van der Waals surface area contributed by atoms with Crippen LogP contribution in [0.25, 0.3) is 0 Å². The summed E-state index contributed by atoms with van der Waals surface area (Å²) in [5, 5.41) is 18.5. The second-order valence-corrected chi connectivity index (χ2v) is 6.37. The Morgan fingerprint density at radius 2 is 2.17 bits per heavy atom. The predicted molar refractivity (Wildman–Crippen MR) is 91.4 cm³/mol. The number of hydrogen-bond acceptors (Lipinski definition) is 4. The van der Waals surface area contributed by atoms with E-state index in [1.165, 1.54) is 0 Å². The third kappa shape index (κ3) is 7.65. The number of guanidine groups is 1. The van der Waals surface area contributed by atoms with Gasteiger partial charge >= 0.3 is 0 Å². The van der Waals surface area contributed by atoms with Gasteiger partial charge in [-0.2, -0.15) is 0 Å². The molecule has 0 radical (unpaired) electrons. The van der Waals surface area contributed by atoms with Crippen LogP contribution >= 0.6 is 0 Å². The lowest BCUT2D eigenvalue weighted by Gasteiger charge is -2.24. The maximum Gasteiger partial charge on any atom is 0.221 e. The van der Waals surface area contributed by atoms with Crippen molar-refractivity contribution in [2.24, 2.45) is 10.4 Å². The van der Waals surface area contributed by atoms with Gasteiger partial charge in [-0.3, -0.25) is 9.79 Å². The van der Waals surface area contributed by atoms with E-state index in [4.69, 9.17) is 4.74 Å². The number of ether oxygens (including phenoxy) is 1. The molecule has 0 spiro atoms. The Balaban J connectivity index is 2.47. The lowest BCUT2D eigenvalue weighted by Crippen LogP contribution is -2.41. The van der Waals surface area contributed by atoms with E-state index in [1.54, 1.807) is 0 Å². The molecule has 0 bridgehead atoms. The Labute approximate surface area is 139 Å². The number of nitrogens with zero attached hydrogens (tertiary/aromatic N) is 1. The lowest BCUT2D eigenvalue weighted by atomic mass is 9.84. The van der Waals surface area contributed by atoms with Crippen molar-refractivity contribution in [2.45, 2.75) is 46.1 Å². The molecule has 134 valence electrons. The third-order valence-corrected chi connectivity index (χ3v) is 3.84. The van der Waals surface area contributed by atoms with Crippen LogP contribution in [0.15, 0.2) is 4.99 Å². The smallest absolute Gasteiger partial charge is 0.221 e. The zero-order chi connectivity index (χ0) is 17.1. The summed E-state index contributed by atoms with van der Waals surface area (Å²) < 4.78 is 5.48. The van der Waals surface area contributed by atoms with Gasteiger partial charge in [-0.15, -0.1) is 0 Å². The number of amides is 1. The van der Waals surface area contributed by atoms with Crippen molar-refractivity contribution < 1.29 is 14.6 Å². The fourth-order valence-corrected chi connectivity index (χ4v) is 2.56. The number of nitrogens with one attached hydrogen (secondary N) is 3. The molecule has 0 aromatic heterocycles. The third-order valence-electron chi connectivity index (χ3n) is 3.84. The van der Waals surface area contributed by atoms with Crippen LogP contribution in [0.2, 0.25) is 0 Å². The first-order chi connectivity index (χ1) is 11.0. The van der Waals surface area contributed by atoms with Gasteiger partial charge in [-0.1, -0.05) is 0 Å². The minimum Gasteiger partial charge on any atom is -0.396 e. The molecule has 1 rings (SSSR count). The zero-order valence-corrected chi connectivity index (χ0v) is 14.7. The van der Waals surface area contributed by atoms with Gasteiger partial charge in [0, 0.05) is 44.2 Å². The van der Waals surface area contributed by atoms with Gasteiger partial charge in [0.05, 0.1) is 13.2 Å². The molecular formula is C16H32N4O3. The first kappa shape index (κ1) is 19.7. The van der Waals surface area contributed by atoms with Gasteiger partial charge in [-0.25, -0.2) is 0 Å². The number of aliphatic imine (C=N–C) groups is 1. The van der Waals surface area contributed by atoms with E-state index in [1.807, 2.05) is 20.8 Å². The molecule has 0 aromatic carbocycles. The van der Waals surface area contributed by atoms with E-state index >= 15 is 0 Å². The Kier molecular flexibility index (Phi) is 8.94. The van der Waals surface area contributed by atoms with Crippen LogP contribution in [-0.2, 0) is 9.53 Å². The van der Waals surface area contributed by atoms with E-state index < -0.39 is 0 Å². The molecular weight excluding hydrogens is 296 g/mol. The molecule has 0 aliphatic carbocycles. The average Bonchev–Trinajstić information content (AvgIpc) is 2.93. The van der Waals surface area contributed by atoms with Crippen LogP contribution in [0.5, 0.6) is 0 Å². The normalized spacial score (nSPS) is 21.5. The molecule has 0 saturated carbocycles. The molecule has 1 aliphatic rings. The van der Waals surface area contributed by atoms with Crippen molar-refractivity contribution in [2.75, 3.05) is 39.5 Å². The van der Waals surface area contributed by atoms with Gasteiger partial charge in [0.25, 0.3) is 0 Å². The highest BCUT2D eigenvalue weighted by atomic mass is 16.5. The molecule has 4 N–H and O–H groups in total. The molecule has 7 heteroatoms. The number of rotatable bonds is 9. The molecule has 1 unspecified atom stereocenters. The fourth-order valence-electron chi connectivity index (χ4n) is 2.56. The maximum atomic E-state index is 11.6. The molecule has 7 nitrogen and oxygen atoms in total. The van der Waals surface area contributed by atoms with Crippen LogP contribution in [0.3, 0.4) is 0 Å². The Morgan fingerprint density at radius 1 is 1.39 bits per heavy atom. The number of aliphatic hydroxyl groups excluding tert-OH is 1. The quantitative estimate of drug-likeness (QED) is 0.359. The molecule has 1 saturated heterocycles. The summed E-state index contributed by atoms with van der Waals surface area (Å²) in [6.45, 7) is 9.33. The number of aliphatic hydroxyl groups is 1. The van der Waals surface area contributed by atoms with Gasteiger partial charge in [0.15, 0.2) is 5.96 Å². The van der Waals surface area contributed by atoms with Crippen molar-refractivity contribution in [3.8, 4) is 0 Å². The average molecular weight is 328 g/mol. The van der Waals surface area contributed by atoms with E-state index in [0.717, 1.165) is 19.6 Å². The maximum absolute atomic E-state index is 11.6. The Bertz CT molecular complexity index is 380. The van der Waals surface area contributed by atoms with E-state index in [0.29, 0.717) is 38.5 Å². The summed E-state index contributed by atoms with van der Waals surface area (Å²) >= 11 is 0. The Morgan fingerprint density at radius 3 is 2.74 bits per heavy atom. The molecule has 0 aromatic rings. The summed E-state index contributed by atoms with van der Waals surface area (Å²) in [5.74, 6) is 0.735. The van der Waals surface area contributed by atoms with Crippen LogP contribution in [0, 0.1) is 5.41 Å². The summed E-state index contributed by atoms with van der Waals surface area (Å²) in [7, 11) is 0. The van der Waals surface area contributed by atoms with E-state index in [9.17, 15) is 9.90 Å². The summed E-state index contributed by atoms with van der Waals surface area (Å²) in [6, 6.07) is 0.158. The minimum atomic E-state index is -0.0634. The van der Waals surface area contributed by atoms with Crippen LogP contribution in [0.1, 0.15) is 40.0 Å². The van der Waals surface area contributed by atoms with Gasteiger partial charge in [0.1, 0.15) is 0 Å². The second-order valence-electron chi connectivity index (χ2n) is 6.37. The summed E-state index contributed by atoms with van der Waals surface area (Å²) in [4.78, 5) is 16.3. The second kappa shape index (κ2) is 10.4. The number of carbonyl (C=O) groups is 1. The lowest BCUT2D eigenvalue weighted by molar-refractivity contribution is -0.121. The summed E-state index contributed by atoms with van der Waals surface area (Å²) in [6.07, 6.45) is 2.04. The fraction of sp³-hybridized carbons (Fsp3) is 0.875. The van der Waals surface area contributed by atoms with E-state index in [-0.39, 0.29) is 24.0 Å². The topological polar surface area (TPSA) is 95.0 Å². The van der Waals surface area contributed by atoms with Crippen molar-refractivity contribution in [3.05, 3.63) is 0 Å². The predicted octanol–water partition coefficient (Wildman–Crippen LogP) is 0.245. The first-order valence-corrected chi connectivity index (χ1v) is 8.51. The van der Waals surface area contributed by atoms with Crippen LogP contribution in [-0.4, -0.2) is 62.5 Å². The largest absolute Gasteiger partial charge is 0.396 e. The van der Waals surface area contributed by atoms with Crippen molar-refractivity contribution in [1.82, 2.24) is 16.0 Å². The molecule has 23 heavy (non-hydrogen) atoms. The SMILES string of the molecule is CCNC(=NCC1(CCO)CCOC1)NCCC(=O)NC(C)C. The standard InChI is InChI=1S/C16H32N4O3/c1-4-17-15(18-8-5-14(22)20-13(2)3)19-11-16(6-9-21)7-10-23-12-16/h13,21H,4-12H2,1-3H3,(H,20,22)(H2,17,18,19). The zero-order valence-electron chi connectivity index (χ0n) is 14.7. The van der Waals surface area contributed by atoms with Crippen molar-refractivity contribution in [3.63, 3.8) is 0 Å². The monoisotopic (exact) mass is 328 g/mol. The molecule has 1 atom stereocenters. The van der Waals surface area contributed by atoms with Gasteiger partial charge < -0.3 is 25.8 Å². The van der Waals surface area contributed by atoms with Gasteiger partial charge in [-0.05, 0) is 33.6 Å². The first-order valence-electron chi connectivity index (χ1n) is 8.51. The highest BCUT2D eigenvalue weighted by molar-refractivity contribution is 5.81. The molecule has 1 heterocycles. The highest BCUT2D eigenvalue weighted by Crippen LogP contribution is 2.32.